The monoisotopic (exact) mass is 300 g/mol. The summed E-state index contributed by atoms with van der Waals surface area (Å²) < 4.78 is 17.8. The van der Waals surface area contributed by atoms with Crippen molar-refractivity contribution in [2.75, 3.05) is 23.4 Å². The molecular weight excluding hydrogens is 283 g/mol. The Morgan fingerprint density at radius 2 is 2.20 bits per heavy atom. The second-order valence-corrected chi connectivity index (χ2v) is 5.31. The van der Waals surface area contributed by atoms with Crippen molar-refractivity contribution < 1.29 is 18.7 Å². The van der Waals surface area contributed by atoms with Gasteiger partial charge in [0, 0.05) is 5.69 Å². The number of nitrogens with one attached hydrogen (secondary N) is 1. The molecule has 1 aromatic carbocycles. The van der Waals surface area contributed by atoms with E-state index in [2.05, 4.69) is 5.32 Å². The lowest BCUT2D eigenvalue weighted by molar-refractivity contribution is -0.139. The van der Waals surface area contributed by atoms with Gasteiger partial charge in [-0.2, -0.15) is 0 Å². The number of ether oxygens (including phenoxy) is 1. The molecule has 1 atom stereocenters. The summed E-state index contributed by atoms with van der Waals surface area (Å²) in [6.45, 7) is 3.71. The normalized spacial score (nSPS) is 11.8. The molecule has 1 rings (SSSR count). The van der Waals surface area contributed by atoms with Crippen molar-refractivity contribution in [3.63, 3.8) is 0 Å². The average Bonchev–Trinajstić information content (AvgIpc) is 2.40. The van der Waals surface area contributed by atoms with Gasteiger partial charge in [-0.3, -0.25) is 9.59 Å². The predicted octanol–water partition coefficient (Wildman–Crippen LogP) is 2.03. The number of thioether (sulfide) groups is 1. The highest BCUT2D eigenvalue weighted by molar-refractivity contribution is 8.01. The number of anilines is 2. The molecule has 0 heterocycles. The Hall–Kier alpha value is -1.76. The Kier molecular flexibility index (Phi) is 6.30. The number of carbonyl (C=O) groups is 2. The maximum atomic E-state index is 13.0. The Morgan fingerprint density at radius 1 is 1.50 bits per heavy atom. The first-order valence-electron chi connectivity index (χ1n) is 6.07. The van der Waals surface area contributed by atoms with Gasteiger partial charge in [0.1, 0.15) is 5.82 Å². The number of hydrogen-bond donors (Lipinski definition) is 2. The van der Waals surface area contributed by atoms with Gasteiger partial charge in [0.2, 0.25) is 5.91 Å². The van der Waals surface area contributed by atoms with Crippen LogP contribution in [0.25, 0.3) is 0 Å². The molecule has 20 heavy (non-hydrogen) atoms. The highest BCUT2D eigenvalue weighted by atomic mass is 32.2. The van der Waals surface area contributed by atoms with Gasteiger partial charge in [0.25, 0.3) is 0 Å². The molecule has 1 aromatic rings. The summed E-state index contributed by atoms with van der Waals surface area (Å²) in [4.78, 5) is 23.0. The van der Waals surface area contributed by atoms with Crippen LogP contribution in [0.15, 0.2) is 18.2 Å². The summed E-state index contributed by atoms with van der Waals surface area (Å²) in [5.41, 5.74) is 5.79. The molecular formula is C13H17FN2O3S. The van der Waals surface area contributed by atoms with E-state index >= 15 is 0 Å². The number of nitrogens with two attached hydrogens (primary N) is 1. The Morgan fingerprint density at radius 3 is 2.80 bits per heavy atom. The fraction of sp³-hybridized carbons (Fsp3) is 0.385. The third-order valence-corrected chi connectivity index (χ3v) is 3.51. The number of rotatable bonds is 6. The van der Waals surface area contributed by atoms with Crippen LogP contribution in [-0.2, 0) is 14.3 Å². The minimum atomic E-state index is -0.535. The third-order valence-electron chi connectivity index (χ3n) is 2.39. The minimum Gasteiger partial charge on any atom is -0.465 e. The van der Waals surface area contributed by atoms with Crippen molar-refractivity contribution >= 4 is 35.0 Å². The molecule has 110 valence electrons. The molecule has 0 fully saturated rings. The minimum absolute atomic E-state index is 0.0328. The van der Waals surface area contributed by atoms with E-state index in [1.54, 1.807) is 13.8 Å². The van der Waals surface area contributed by atoms with Gasteiger partial charge in [-0.15, -0.1) is 11.8 Å². The van der Waals surface area contributed by atoms with E-state index in [1.807, 2.05) is 0 Å². The molecule has 0 saturated carbocycles. The molecule has 7 heteroatoms. The topological polar surface area (TPSA) is 81.4 Å². The quantitative estimate of drug-likeness (QED) is 0.620. The van der Waals surface area contributed by atoms with Crippen molar-refractivity contribution in [2.45, 2.75) is 19.1 Å². The number of nitrogen functional groups attached to an aromatic ring is 1. The van der Waals surface area contributed by atoms with Crippen LogP contribution in [0.3, 0.4) is 0 Å². The van der Waals surface area contributed by atoms with E-state index in [1.165, 1.54) is 30.0 Å². The van der Waals surface area contributed by atoms with Gasteiger partial charge >= 0.3 is 5.97 Å². The molecule has 0 aliphatic rings. The van der Waals surface area contributed by atoms with Gasteiger partial charge < -0.3 is 15.8 Å². The number of esters is 1. The summed E-state index contributed by atoms with van der Waals surface area (Å²) >= 11 is 1.17. The molecule has 1 unspecified atom stereocenters. The first-order chi connectivity index (χ1) is 9.43. The second kappa shape index (κ2) is 7.74. The Labute approximate surface area is 121 Å². The fourth-order valence-electron chi connectivity index (χ4n) is 1.34. The number of benzene rings is 1. The van der Waals surface area contributed by atoms with Crippen molar-refractivity contribution in [1.82, 2.24) is 0 Å². The standard InChI is InChI=1S/C13H17FN2O3S/c1-3-19-12(17)7-20-8(2)13(18)16-9-4-5-10(14)11(15)6-9/h4-6,8H,3,7,15H2,1-2H3,(H,16,18). The fourth-order valence-corrected chi connectivity index (χ4v) is 2.02. The molecule has 0 saturated heterocycles. The molecule has 0 radical (unpaired) electrons. The summed E-state index contributed by atoms with van der Waals surface area (Å²) in [7, 11) is 0. The first kappa shape index (κ1) is 16.3. The second-order valence-electron chi connectivity index (χ2n) is 3.98. The summed E-state index contributed by atoms with van der Waals surface area (Å²) in [6, 6.07) is 3.95. The van der Waals surface area contributed by atoms with Crippen LogP contribution < -0.4 is 11.1 Å². The lowest BCUT2D eigenvalue weighted by atomic mass is 10.2. The van der Waals surface area contributed by atoms with Crippen LogP contribution in [0.4, 0.5) is 15.8 Å². The van der Waals surface area contributed by atoms with Gasteiger partial charge in [0.15, 0.2) is 0 Å². The highest BCUT2D eigenvalue weighted by Gasteiger charge is 2.16. The zero-order valence-electron chi connectivity index (χ0n) is 11.3. The van der Waals surface area contributed by atoms with Crippen LogP contribution in [0, 0.1) is 5.82 Å². The number of carbonyl (C=O) groups excluding carboxylic acids is 2. The van der Waals surface area contributed by atoms with Crippen LogP contribution >= 0.6 is 11.8 Å². The lowest BCUT2D eigenvalue weighted by Gasteiger charge is -2.12. The molecule has 5 nitrogen and oxygen atoms in total. The van der Waals surface area contributed by atoms with E-state index in [0.29, 0.717) is 12.3 Å². The van der Waals surface area contributed by atoms with Crippen LogP contribution in [0.1, 0.15) is 13.8 Å². The molecule has 0 aliphatic heterocycles. The van der Waals surface area contributed by atoms with E-state index in [4.69, 9.17) is 10.5 Å². The van der Waals surface area contributed by atoms with E-state index in [-0.39, 0.29) is 23.3 Å². The largest absolute Gasteiger partial charge is 0.465 e. The van der Waals surface area contributed by atoms with Gasteiger partial charge in [-0.25, -0.2) is 4.39 Å². The smallest absolute Gasteiger partial charge is 0.315 e. The molecule has 0 aliphatic carbocycles. The molecule has 0 bridgehead atoms. The zero-order valence-corrected chi connectivity index (χ0v) is 12.1. The van der Waals surface area contributed by atoms with E-state index in [0.717, 1.165) is 0 Å². The molecule has 0 aromatic heterocycles. The van der Waals surface area contributed by atoms with Crippen molar-refractivity contribution in [1.29, 1.82) is 0 Å². The number of halogens is 1. The predicted molar refractivity (Wildman–Crippen MR) is 78.0 cm³/mol. The summed E-state index contributed by atoms with van der Waals surface area (Å²) in [5.74, 6) is -1.07. The van der Waals surface area contributed by atoms with Crippen molar-refractivity contribution in [3.05, 3.63) is 24.0 Å². The molecule has 1 amide bonds. The Balaban J connectivity index is 2.48. The molecule has 0 spiro atoms. The van der Waals surface area contributed by atoms with Gasteiger partial charge in [-0.1, -0.05) is 0 Å². The van der Waals surface area contributed by atoms with Crippen LogP contribution in [-0.4, -0.2) is 29.5 Å². The SMILES string of the molecule is CCOC(=O)CSC(C)C(=O)Nc1ccc(F)c(N)c1. The average molecular weight is 300 g/mol. The van der Waals surface area contributed by atoms with E-state index < -0.39 is 11.1 Å². The summed E-state index contributed by atoms with van der Waals surface area (Å²) in [5, 5.41) is 2.17. The van der Waals surface area contributed by atoms with Crippen LogP contribution in [0.2, 0.25) is 0 Å². The number of amides is 1. The molecule has 3 N–H and O–H groups in total. The van der Waals surface area contributed by atoms with Crippen molar-refractivity contribution in [2.24, 2.45) is 0 Å². The highest BCUT2D eigenvalue weighted by Crippen LogP contribution is 2.18. The van der Waals surface area contributed by atoms with E-state index in [9.17, 15) is 14.0 Å². The third kappa shape index (κ3) is 5.08. The van der Waals surface area contributed by atoms with Crippen molar-refractivity contribution in [3.8, 4) is 0 Å². The summed E-state index contributed by atoms with van der Waals surface area (Å²) in [6.07, 6.45) is 0. The van der Waals surface area contributed by atoms with Crippen LogP contribution in [0.5, 0.6) is 0 Å². The Bertz CT molecular complexity index is 497. The first-order valence-corrected chi connectivity index (χ1v) is 7.12. The zero-order chi connectivity index (χ0) is 15.1. The van der Waals surface area contributed by atoms with Gasteiger partial charge in [0.05, 0.1) is 23.3 Å². The maximum Gasteiger partial charge on any atom is 0.315 e. The lowest BCUT2D eigenvalue weighted by Crippen LogP contribution is -2.24. The number of hydrogen-bond acceptors (Lipinski definition) is 5. The maximum absolute atomic E-state index is 13.0. The van der Waals surface area contributed by atoms with Gasteiger partial charge in [-0.05, 0) is 32.0 Å².